The quantitative estimate of drug-likeness (QED) is 0.387. The van der Waals surface area contributed by atoms with E-state index in [2.05, 4.69) is 4.98 Å². The normalized spacial score (nSPS) is 25.4. The number of hydrogen-bond donors (Lipinski definition) is 5. The fourth-order valence-corrected chi connectivity index (χ4v) is 5.88. The van der Waals surface area contributed by atoms with Crippen LogP contribution in [0.4, 0.5) is 5.69 Å². The molecule has 1 aromatic carbocycles. The maximum Gasteiger partial charge on any atom is 0.255 e. The second-order valence-electron chi connectivity index (χ2n) is 9.84. The second kappa shape index (κ2) is 7.69. The smallest absolute Gasteiger partial charge is 0.255 e. The SMILES string of the molecule is CN(C)c1cc(-c2cncn2C)c(O)c2c1C[C@H]1C[C@H]3CC(=O)C(C(N)=O)=C(O)[C@@]3(O)C(=O)C1=C2O. The Labute approximate surface area is 205 Å². The molecule has 1 heterocycles. The number of anilines is 1. The molecule has 0 saturated heterocycles. The number of phenols is 1. The highest BCUT2D eigenvalue weighted by atomic mass is 16.3. The van der Waals surface area contributed by atoms with Crippen molar-refractivity contribution in [2.75, 3.05) is 19.0 Å². The molecule has 5 rings (SSSR count). The number of aliphatic hydroxyl groups is 3. The highest BCUT2D eigenvalue weighted by Crippen LogP contribution is 2.54. The number of carbonyl (C=O) groups is 3. The van der Waals surface area contributed by atoms with Crippen LogP contribution in [0.5, 0.6) is 5.75 Å². The van der Waals surface area contributed by atoms with Gasteiger partial charge >= 0.3 is 0 Å². The molecule has 0 radical (unpaired) electrons. The number of hydrogen-bond acceptors (Lipinski definition) is 9. The molecule has 0 spiro atoms. The van der Waals surface area contributed by atoms with Crippen molar-refractivity contribution in [1.29, 1.82) is 0 Å². The van der Waals surface area contributed by atoms with E-state index in [1.165, 1.54) is 0 Å². The summed E-state index contributed by atoms with van der Waals surface area (Å²) in [5.74, 6) is -6.49. The van der Waals surface area contributed by atoms with Gasteiger partial charge in [-0.25, -0.2) is 4.98 Å². The number of nitrogens with zero attached hydrogens (tertiary/aromatic N) is 3. The first-order valence-electron chi connectivity index (χ1n) is 11.4. The van der Waals surface area contributed by atoms with Gasteiger partial charge in [0, 0.05) is 50.3 Å². The maximum atomic E-state index is 13.7. The average Bonchev–Trinajstić information content (AvgIpc) is 3.21. The number of benzene rings is 1. The van der Waals surface area contributed by atoms with Gasteiger partial charge in [-0.1, -0.05) is 0 Å². The number of aromatic nitrogens is 2. The number of aliphatic hydroxyl groups excluding tert-OH is 2. The van der Waals surface area contributed by atoms with Crippen molar-refractivity contribution >= 4 is 28.9 Å². The molecule has 11 nitrogen and oxygen atoms in total. The molecule has 0 aliphatic heterocycles. The third-order valence-corrected chi connectivity index (χ3v) is 7.61. The molecule has 0 bridgehead atoms. The summed E-state index contributed by atoms with van der Waals surface area (Å²) in [5.41, 5.74) is 3.97. The van der Waals surface area contributed by atoms with Crippen LogP contribution in [0.15, 0.2) is 35.5 Å². The maximum absolute atomic E-state index is 13.7. The Hall–Kier alpha value is -4.12. The molecule has 3 aliphatic rings. The minimum absolute atomic E-state index is 0.0459. The molecule has 1 amide bonds. The summed E-state index contributed by atoms with van der Waals surface area (Å²) in [6.45, 7) is 0. The lowest BCUT2D eigenvalue weighted by molar-refractivity contribution is -0.147. The number of phenolic OH excluding ortho intramolecular Hbond substituents is 1. The lowest BCUT2D eigenvalue weighted by Gasteiger charge is -2.46. The van der Waals surface area contributed by atoms with Gasteiger partial charge in [0.2, 0.25) is 5.78 Å². The van der Waals surface area contributed by atoms with Crippen LogP contribution in [0.25, 0.3) is 17.0 Å². The van der Waals surface area contributed by atoms with E-state index in [4.69, 9.17) is 5.73 Å². The minimum Gasteiger partial charge on any atom is -0.508 e. The molecule has 6 N–H and O–H groups in total. The van der Waals surface area contributed by atoms with Crippen LogP contribution in [0, 0.1) is 11.8 Å². The summed E-state index contributed by atoms with van der Waals surface area (Å²) in [6.07, 6.45) is 3.09. The van der Waals surface area contributed by atoms with E-state index in [9.17, 15) is 34.8 Å². The van der Waals surface area contributed by atoms with Crippen LogP contribution < -0.4 is 10.6 Å². The van der Waals surface area contributed by atoms with Gasteiger partial charge in [0.05, 0.1) is 23.8 Å². The van der Waals surface area contributed by atoms with Crippen molar-refractivity contribution in [3.8, 4) is 17.0 Å². The molecule has 11 heteroatoms. The van der Waals surface area contributed by atoms with Crippen molar-refractivity contribution in [2.24, 2.45) is 24.6 Å². The Morgan fingerprint density at radius 3 is 2.50 bits per heavy atom. The van der Waals surface area contributed by atoms with E-state index in [0.717, 1.165) is 0 Å². The van der Waals surface area contributed by atoms with E-state index in [-0.39, 0.29) is 36.1 Å². The van der Waals surface area contributed by atoms with Crippen molar-refractivity contribution < 1.29 is 34.8 Å². The van der Waals surface area contributed by atoms with Crippen LogP contribution >= 0.6 is 0 Å². The molecule has 3 atom stereocenters. The van der Waals surface area contributed by atoms with Gasteiger partial charge < -0.3 is 35.6 Å². The summed E-state index contributed by atoms with van der Waals surface area (Å²) in [6, 6.07) is 1.78. The predicted molar refractivity (Wildman–Crippen MR) is 128 cm³/mol. The number of rotatable bonds is 3. The zero-order valence-electron chi connectivity index (χ0n) is 19.9. The third kappa shape index (κ3) is 2.95. The molecule has 1 saturated carbocycles. The second-order valence-corrected chi connectivity index (χ2v) is 9.84. The number of nitrogens with two attached hydrogens (primary N) is 1. The molecule has 3 aliphatic carbocycles. The van der Waals surface area contributed by atoms with Gasteiger partial charge in [0.1, 0.15) is 22.8 Å². The number of Topliss-reactive ketones (excluding diaryl/α,β-unsaturated/α-hetero) is 2. The van der Waals surface area contributed by atoms with Crippen LogP contribution in [-0.2, 0) is 27.9 Å². The van der Waals surface area contributed by atoms with E-state index in [1.54, 1.807) is 30.2 Å². The van der Waals surface area contributed by atoms with Crippen molar-refractivity contribution in [2.45, 2.75) is 24.9 Å². The zero-order chi connectivity index (χ0) is 26.3. The number of imidazole rings is 1. The lowest BCUT2D eigenvalue weighted by Crippen LogP contribution is -2.58. The summed E-state index contributed by atoms with van der Waals surface area (Å²) in [5, 5.41) is 44.8. The summed E-state index contributed by atoms with van der Waals surface area (Å²) in [7, 11) is 5.38. The van der Waals surface area contributed by atoms with Gasteiger partial charge in [-0.3, -0.25) is 14.4 Å². The van der Waals surface area contributed by atoms with Crippen molar-refractivity contribution in [3.05, 3.63) is 46.6 Å². The van der Waals surface area contributed by atoms with Gasteiger partial charge in [-0.2, -0.15) is 0 Å². The van der Waals surface area contributed by atoms with Crippen LogP contribution in [0.3, 0.4) is 0 Å². The monoisotopic (exact) mass is 494 g/mol. The molecule has 1 fully saturated rings. The Morgan fingerprint density at radius 1 is 1.22 bits per heavy atom. The van der Waals surface area contributed by atoms with Gasteiger partial charge in [0.15, 0.2) is 11.4 Å². The third-order valence-electron chi connectivity index (χ3n) is 7.61. The van der Waals surface area contributed by atoms with E-state index in [0.29, 0.717) is 22.5 Å². The number of carbonyl (C=O) groups excluding carboxylic acids is 3. The predicted octanol–water partition coefficient (Wildman–Crippen LogP) is 0.890. The highest BCUT2D eigenvalue weighted by molar-refractivity contribution is 6.22. The van der Waals surface area contributed by atoms with Gasteiger partial charge in [-0.15, -0.1) is 0 Å². The largest absolute Gasteiger partial charge is 0.508 e. The van der Waals surface area contributed by atoms with E-state index in [1.807, 2.05) is 19.0 Å². The molecular formula is C25H26N4O7. The summed E-state index contributed by atoms with van der Waals surface area (Å²) < 4.78 is 1.70. The molecule has 0 unspecified atom stereocenters. The number of ketones is 2. The van der Waals surface area contributed by atoms with Crippen LogP contribution in [-0.4, -0.2) is 67.1 Å². The first-order chi connectivity index (χ1) is 16.9. The number of primary amides is 1. The Balaban J connectivity index is 1.76. The Bertz CT molecular complexity index is 1430. The van der Waals surface area contributed by atoms with Gasteiger partial charge in [-0.05, 0) is 30.4 Å². The highest BCUT2D eigenvalue weighted by Gasteiger charge is 2.60. The van der Waals surface area contributed by atoms with Crippen molar-refractivity contribution in [1.82, 2.24) is 9.55 Å². The first-order valence-corrected chi connectivity index (χ1v) is 11.4. The van der Waals surface area contributed by atoms with Crippen LogP contribution in [0.1, 0.15) is 24.0 Å². The van der Waals surface area contributed by atoms with E-state index < -0.39 is 52.0 Å². The molecule has 188 valence electrons. The van der Waals surface area contributed by atoms with Crippen molar-refractivity contribution in [3.63, 3.8) is 0 Å². The molecular weight excluding hydrogens is 468 g/mol. The summed E-state index contributed by atoms with van der Waals surface area (Å²) in [4.78, 5) is 43.9. The first kappa shape index (κ1) is 23.6. The topological polar surface area (TPSA) is 179 Å². The number of fused-ring (bicyclic) bond motifs is 3. The molecule has 2 aromatic rings. The van der Waals surface area contributed by atoms with E-state index >= 15 is 0 Å². The van der Waals surface area contributed by atoms with Gasteiger partial charge in [0.25, 0.3) is 5.91 Å². The number of aromatic hydroxyl groups is 1. The fraction of sp³-hybridized carbons (Fsp3) is 0.360. The molecule has 1 aromatic heterocycles. The Kier molecular flexibility index (Phi) is 5.04. The molecule has 36 heavy (non-hydrogen) atoms. The summed E-state index contributed by atoms with van der Waals surface area (Å²) >= 11 is 0. The standard InChI is InChI=1S/C25H26N4O7/c1-28(2)14-7-13(15-8-27-9-29(15)3)20(31)18-12(14)5-10-4-11-6-16(30)19(24(26)35)23(34)25(11,36)22(33)17(10)21(18)32/h7-11,31-32,34,36H,4-6H2,1-3H3,(H2,26,35)/t10-,11+,25+/m1/s1. The minimum atomic E-state index is -2.59. The Morgan fingerprint density at radius 2 is 1.92 bits per heavy atom. The number of aryl methyl sites for hydroxylation is 1. The fourth-order valence-electron chi connectivity index (χ4n) is 5.88. The van der Waals surface area contributed by atoms with Crippen LogP contribution in [0.2, 0.25) is 0 Å². The lowest BCUT2D eigenvalue weighted by atomic mass is 9.59. The number of amides is 1. The zero-order valence-corrected chi connectivity index (χ0v) is 19.9. The average molecular weight is 495 g/mol.